The van der Waals surface area contributed by atoms with E-state index in [0.29, 0.717) is 0 Å². The van der Waals surface area contributed by atoms with E-state index in [-0.39, 0.29) is 10.8 Å². The fourth-order valence-electron chi connectivity index (χ4n) is 1.86. The molecule has 1 aliphatic rings. The number of alkyl halides is 2. The van der Waals surface area contributed by atoms with E-state index in [9.17, 15) is 0 Å². The highest BCUT2D eigenvalue weighted by molar-refractivity contribution is 9.09. The Hall–Kier alpha value is -0.340. The Labute approximate surface area is 104 Å². The molecule has 1 heterocycles. The lowest BCUT2D eigenvalue weighted by Gasteiger charge is -2.34. The molecule has 0 aromatic carbocycles. The Bertz CT molecular complexity index is 416. The first kappa shape index (κ1) is 11.2. The molecular weight excluding hydrogens is 273 g/mol. The summed E-state index contributed by atoms with van der Waals surface area (Å²) < 4.78 is 0. The second-order valence-corrected chi connectivity index (χ2v) is 5.29. The number of aryl methyl sites for hydroxylation is 1. The Morgan fingerprint density at radius 1 is 1.60 bits per heavy atom. The number of fused-ring (bicyclic) bond motifs is 1. The van der Waals surface area contributed by atoms with Crippen LogP contribution in [0.1, 0.15) is 23.7 Å². The Morgan fingerprint density at radius 2 is 2.33 bits per heavy atom. The van der Waals surface area contributed by atoms with Crippen LogP contribution in [0.25, 0.3) is 6.08 Å². The molecule has 80 valence electrons. The van der Waals surface area contributed by atoms with Gasteiger partial charge in [0.2, 0.25) is 0 Å². The maximum Gasteiger partial charge on any atom is 0.0636 e. The third-order valence-electron chi connectivity index (χ3n) is 2.93. The van der Waals surface area contributed by atoms with Gasteiger partial charge in [0.15, 0.2) is 0 Å². The predicted molar refractivity (Wildman–Crippen MR) is 68.8 cm³/mol. The summed E-state index contributed by atoms with van der Waals surface area (Å²) >= 11 is 9.87. The average molecular weight is 287 g/mol. The number of nitrogens with zero attached hydrogens (tertiary/aromatic N) is 1. The van der Waals surface area contributed by atoms with Gasteiger partial charge in [-0.3, -0.25) is 4.98 Å². The Kier molecular flexibility index (Phi) is 2.91. The maximum atomic E-state index is 6.33. The first-order valence-corrected chi connectivity index (χ1v) is 6.49. The van der Waals surface area contributed by atoms with Crippen molar-refractivity contribution in [3.05, 3.63) is 35.2 Å². The first-order chi connectivity index (χ1) is 7.08. The molecule has 0 radical (unpaired) electrons. The maximum absolute atomic E-state index is 6.33. The van der Waals surface area contributed by atoms with Crippen molar-refractivity contribution < 1.29 is 0 Å². The molecule has 3 heteroatoms. The summed E-state index contributed by atoms with van der Waals surface area (Å²) in [5, 5.41) is 0.821. The molecule has 1 nitrogen and oxygen atoms in total. The van der Waals surface area contributed by atoms with Crippen molar-refractivity contribution in [2.75, 3.05) is 5.33 Å². The number of hydrogen-bond acceptors (Lipinski definition) is 1. The monoisotopic (exact) mass is 285 g/mol. The number of halogens is 2. The molecule has 1 aromatic heterocycles. The molecule has 0 fully saturated rings. The van der Waals surface area contributed by atoms with Crippen LogP contribution in [0.5, 0.6) is 0 Å². The summed E-state index contributed by atoms with van der Waals surface area (Å²) in [6.07, 6.45) is 6.02. The summed E-state index contributed by atoms with van der Waals surface area (Å²) in [5.74, 6) is 0. The van der Waals surface area contributed by atoms with Crippen LogP contribution in [0.2, 0.25) is 0 Å². The highest BCUT2D eigenvalue weighted by atomic mass is 79.9. The minimum Gasteiger partial charge on any atom is -0.260 e. The molecule has 0 amide bonds. The van der Waals surface area contributed by atoms with Crippen molar-refractivity contribution in [3.8, 4) is 0 Å². The highest BCUT2D eigenvalue weighted by Crippen LogP contribution is 2.38. The molecule has 0 saturated carbocycles. The van der Waals surface area contributed by atoms with E-state index in [4.69, 9.17) is 11.6 Å². The molecule has 0 aliphatic heterocycles. The topological polar surface area (TPSA) is 12.9 Å². The zero-order valence-electron chi connectivity index (χ0n) is 8.80. The fraction of sp³-hybridized carbons (Fsp3) is 0.417. The van der Waals surface area contributed by atoms with Gasteiger partial charge in [0.25, 0.3) is 0 Å². The molecule has 0 spiro atoms. The van der Waals surface area contributed by atoms with Gasteiger partial charge < -0.3 is 0 Å². The summed E-state index contributed by atoms with van der Waals surface area (Å²) in [5.41, 5.74) is 3.35. The van der Waals surface area contributed by atoms with Crippen LogP contribution >= 0.6 is 27.5 Å². The predicted octanol–water partition coefficient (Wildman–Crippen LogP) is 3.68. The van der Waals surface area contributed by atoms with Gasteiger partial charge in [0.1, 0.15) is 0 Å². The lowest BCUT2D eigenvalue weighted by Crippen LogP contribution is -2.37. The lowest BCUT2D eigenvalue weighted by molar-refractivity contribution is 0.531. The SMILES string of the molecule is Cc1cnc2c(c1)C=CC(Cl)C2(C)CBr. The van der Waals surface area contributed by atoms with E-state index in [1.165, 1.54) is 11.1 Å². The van der Waals surface area contributed by atoms with Gasteiger partial charge in [-0.15, -0.1) is 11.6 Å². The number of aromatic nitrogens is 1. The standard InChI is InChI=1S/C12H13BrClN/c1-8-5-9-3-4-10(14)12(2,7-13)11(9)15-6-8/h3-6,10H,7H2,1-2H3. The van der Waals surface area contributed by atoms with Crippen LogP contribution < -0.4 is 0 Å². The van der Waals surface area contributed by atoms with Crippen molar-refractivity contribution in [1.29, 1.82) is 0 Å². The Morgan fingerprint density at radius 3 is 3.00 bits per heavy atom. The van der Waals surface area contributed by atoms with Gasteiger partial charge in [0.05, 0.1) is 11.1 Å². The lowest BCUT2D eigenvalue weighted by atomic mass is 9.78. The molecule has 1 aromatic rings. The molecule has 0 N–H and O–H groups in total. The molecular formula is C12H13BrClN. The summed E-state index contributed by atoms with van der Waals surface area (Å²) in [7, 11) is 0. The van der Waals surface area contributed by atoms with Crippen LogP contribution in [0, 0.1) is 6.92 Å². The van der Waals surface area contributed by atoms with E-state index in [0.717, 1.165) is 11.0 Å². The van der Waals surface area contributed by atoms with Crippen molar-refractivity contribution >= 4 is 33.6 Å². The molecule has 1 aliphatic carbocycles. The largest absolute Gasteiger partial charge is 0.260 e. The van der Waals surface area contributed by atoms with Gasteiger partial charge in [-0.1, -0.05) is 35.0 Å². The highest BCUT2D eigenvalue weighted by Gasteiger charge is 2.37. The number of rotatable bonds is 1. The summed E-state index contributed by atoms with van der Waals surface area (Å²) in [6.45, 7) is 4.20. The van der Waals surface area contributed by atoms with Crippen LogP contribution in [0.15, 0.2) is 18.3 Å². The van der Waals surface area contributed by atoms with Gasteiger partial charge in [0, 0.05) is 16.9 Å². The van der Waals surface area contributed by atoms with Crippen LogP contribution in [0.3, 0.4) is 0 Å². The minimum absolute atomic E-state index is 0.000388. The van der Waals surface area contributed by atoms with Crippen LogP contribution in [0.4, 0.5) is 0 Å². The van der Waals surface area contributed by atoms with Gasteiger partial charge in [-0.2, -0.15) is 0 Å². The smallest absolute Gasteiger partial charge is 0.0636 e. The molecule has 15 heavy (non-hydrogen) atoms. The van der Waals surface area contributed by atoms with Crippen molar-refractivity contribution in [2.45, 2.75) is 24.6 Å². The Balaban J connectivity index is 2.60. The van der Waals surface area contributed by atoms with Crippen LogP contribution in [-0.2, 0) is 5.41 Å². The van der Waals surface area contributed by atoms with Gasteiger partial charge >= 0.3 is 0 Å². The number of pyridine rings is 1. The molecule has 0 saturated heterocycles. The van der Waals surface area contributed by atoms with Crippen molar-refractivity contribution in [3.63, 3.8) is 0 Å². The van der Waals surface area contributed by atoms with E-state index < -0.39 is 0 Å². The van der Waals surface area contributed by atoms with E-state index in [1.807, 2.05) is 12.3 Å². The average Bonchev–Trinajstić information content (AvgIpc) is 2.23. The normalized spacial score (nSPS) is 28.9. The molecule has 2 unspecified atom stereocenters. The summed E-state index contributed by atoms with van der Waals surface area (Å²) in [4.78, 5) is 4.53. The quantitative estimate of drug-likeness (QED) is 0.718. The number of hydrogen-bond donors (Lipinski definition) is 0. The van der Waals surface area contributed by atoms with E-state index in [2.05, 4.69) is 46.9 Å². The van der Waals surface area contributed by atoms with Crippen LogP contribution in [-0.4, -0.2) is 15.7 Å². The third-order valence-corrected chi connectivity index (χ3v) is 4.72. The summed E-state index contributed by atoms with van der Waals surface area (Å²) in [6, 6.07) is 2.16. The first-order valence-electron chi connectivity index (χ1n) is 4.93. The molecule has 0 bridgehead atoms. The van der Waals surface area contributed by atoms with E-state index in [1.54, 1.807) is 0 Å². The van der Waals surface area contributed by atoms with E-state index >= 15 is 0 Å². The van der Waals surface area contributed by atoms with Gasteiger partial charge in [-0.25, -0.2) is 0 Å². The molecule has 2 rings (SSSR count). The van der Waals surface area contributed by atoms with Crippen molar-refractivity contribution in [2.24, 2.45) is 0 Å². The minimum atomic E-state index is -0.112. The van der Waals surface area contributed by atoms with Crippen molar-refractivity contribution in [1.82, 2.24) is 4.98 Å². The van der Waals surface area contributed by atoms with Gasteiger partial charge in [-0.05, 0) is 24.1 Å². The number of allylic oxidation sites excluding steroid dienone is 1. The molecule has 2 atom stereocenters. The second-order valence-electron chi connectivity index (χ2n) is 4.26. The third kappa shape index (κ3) is 1.74. The fourth-order valence-corrected chi connectivity index (χ4v) is 2.92. The second kappa shape index (κ2) is 3.91. The zero-order chi connectivity index (χ0) is 11.1. The zero-order valence-corrected chi connectivity index (χ0v) is 11.1.